The van der Waals surface area contributed by atoms with Gasteiger partial charge in [0, 0.05) is 42.8 Å². The largest absolute Gasteiger partial charge is 0.416 e. The van der Waals surface area contributed by atoms with Crippen molar-refractivity contribution in [3.63, 3.8) is 0 Å². The van der Waals surface area contributed by atoms with Gasteiger partial charge in [-0.1, -0.05) is 13.0 Å². The van der Waals surface area contributed by atoms with Crippen LogP contribution in [-0.2, 0) is 29.2 Å². The number of nitrogens with one attached hydrogen (secondary N) is 1. The lowest BCUT2D eigenvalue weighted by Crippen LogP contribution is -2.34. The summed E-state index contributed by atoms with van der Waals surface area (Å²) in [6.45, 7) is 4.40. The first-order valence-electron chi connectivity index (χ1n) is 12.2. The van der Waals surface area contributed by atoms with E-state index >= 15 is 0 Å². The quantitative estimate of drug-likeness (QED) is 0.497. The van der Waals surface area contributed by atoms with Crippen molar-refractivity contribution in [2.45, 2.75) is 45.7 Å². The van der Waals surface area contributed by atoms with E-state index in [1.165, 1.54) is 10.9 Å². The van der Waals surface area contributed by atoms with Crippen molar-refractivity contribution in [2.24, 2.45) is 18.4 Å². The van der Waals surface area contributed by atoms with Crippen molar-refractivity contribution in [3.05, 3.63) is 59.5 Å². The number of aromatic nitrogens is 3. The lowest BCUT2D eigenvalue weighted by molar-refractivity contribution is -0.137. The SMILES string of the molecule is Cc1cc(N2CC[C@@](C)(C3CC3)C2=O)cc(NC(=O)Cc2cc(-c3cnn(C)c3)cc(C(F)(F)F)c2)n1. The van der Waals surface area contributed by atoms with Crippen molar-refractivity contribution in [1.29, 1.82) is 0 Å². The highest BCUT2D eigenvalue weighted by Crippen LogP contribution is 2.52. The van der Waals surface area contributed by atoms with Crippen LogP contribution in [0.25, 0.3) is 11.1 Å². The molecule has 7 nitrogen and oxygen atoms in total. The monoisotopic (exact) mass is 511 g/mol. The minimum Gasteiger partial charge on any atom is -0.312 e. The van der Waals surface area contributed by atoms with Gasteiger partial charge in [-0.15, -0.1) is 0 Å². The maximum absolute atomic E-state index is 13.6. The minimum absolute atomic E-state index is 0.0878. The van der Waals surface area contributed by atoms with E-state index in [0.717, 1.165) is 31.4 Å². The van der Waals surface area contributed by atoms with Crippen LogP contribution in [0.15, 0.2) is 42.7 Å². The first kappa shape index (κ1) is 25.0. The van der Waals surface area contributed by atoms with Gasteiger partial charge in [-0.25, -0.2) is 4.98 Å². The average molecular weight is 512 g/mol. The molecule has 1 aliphatic heterocycles. The van der Waals surface area contributed by atoms with Gasteiger partial charge < -0.3 is 10.2 Å². The maximum Gasteiger partial charge on any atom is 0.416 e. The van der Waals surface area contributed by atoms with Gasteiger partial charge in [-0.05, 0) is 61.4 Å². The summed E-state index contributed by atoms with van der Waals surface area (Å²) in [6, 6.07) is 7.04. The van der Waals surface area contributed by atoms with Gasteiger partial charge in [-0.2, -0.15) is 18.3 Å². The van der Waals surface area contributed by atoms with Crippen molar-refractivity contribution in [1.82, 2.24) is 14.8 Å². The number of carbonyl (C=O) groups is 2. The summed E-state index contributed by atoms with van der Waals surface area (Å²) in [7, 11) is 1.68. The van der Waals surface area contributed by atoms with E-state index in [1.54, 1.807) is 43.3 Å². The maximum atomic E-state index is 13.6. The van der Waals surface area contributed by atoms with Crippen LogP contribution in [0.5, 0.6) is 0 Å². The summed E-state index contributed by atoms with van der Waals surface area (Å²) < 4.78 is 42.2. The van der Waals surface area contributed by atoms with E-state index in [0.29, 0.717) is 35.0 Å². The van der Waals surface area contributed by atoms with Gasteiger partial charge in [-0.3, -0.25) is 14.3 Å². The van der Waals surface area contributed by atoms with E-state index in [2.05, 4.69) is 15.4 Å². The number of pyridine rings is 1. The second-order valence-corrected chi connectivity index (χ2v) is 10.3. The molecule has 2 amide bonds. The molecule has 0 unspecified atom stereocenters. The fraction of sp³-hybridized carbons (Fsp3) is 0.407. The minimum atomic E-state index is -4.56. The molecule has 10 heteroatoms. The molecule has 1 aromatic carbocycles. The third-order valence-corrected chi connectivity index (χ3v) is 7.31. The number of benzene rings is 1. The van der Waals surface area contributed by atoms with E-state index in [9.17, 15) is 22.8 Å². The molecular weight excluding hydrogens is 483 g/mol. The smallest absolute Gasteiger partial charge is 0.312 e. The predicted octanol–water partition coefficient (Wildman–Crippen LogP) is 5.14. The fourth-order valence-corrected chi connectivity index (χ4v) is 5.14. The number of carbonyl (C=O) groups excluding carboxylic acids is 2. The summed E-state index contributed by atoms with van der Waals surface area (Å²) in [5.74, 6) is 0.268. The van der Waals surface area contributed by atoms with Gasteiger partial charge in [0.15, 0.2) is 0 Å². The van der Waals surface area contributed by atoms with Crippen LogP contribution in [0, 0.1) is 18.3 Å². The normalized spacial score (nSPS) is 19.9. The number of anilines is 2. The fourth-order valence-electron chi connectivity index (χ4n) is 5.14. The number of halogens is 3. The second kappa shape index (κ2) is 9.00. The van der Waals surface area contributed by atoms with Crippen LogP contribution in [0.3, 0.4) is 0 Å². The summed E-state index contributed by atoms with van der Waals surface area (Å²) in [6.07, 6.45) is 1.19. The Kier molecular flexibility index (Phi) is 6.08. The third-order valence-electron chi connectivity index (χ3n) is 7.31. The number of hydrogen-bond acceptors (Lipinski definition) is 4. The van der Waals surface area contributed by atoms with Crippen LogP contribution >= 0.6 is 0 Å². The molecule has 3 heterocycles. The standard InChI is InChI=1S/C27H28F3N5O2/c1-16-8-22(35-7-6-26(2,25(35)37)20-4-5-20)13-23(32-16)33-24(36)11-17-9-18(19-14-31-34(3)15-19)12-21(10-17)27(28,29)30/h8-10,12-15,20H,4-7,11H2,1-3H3,(H,32,33,36)/t26-/m0/s1. The molecular formula is C27H28F3N5O2. The van der Waals surface area contributed by atoms with Crippen molar-refractivity contribution in [3.8, 4) is 11.1 Å². The number of hydrogen-bond donors (Lipinski definition) is 1. The molecule has 5 rings (SSSR count). The Bertz CT molecular complexity index is 1380. The zero-order chi connectivity index (χ0) is 26.5. The van der Waals surface area contributed by atoms with Gasteiger partial charge >= 0.3 is 6.18 Å². The highest BCUT2D eigenvalue weighted by Gasteiger charge is 2.52. The highest BCUT2D eigenvalue weighted by atomic mass is 19.4. The van der Waals surface area contributed by atoms with Crippen LogP contribution in [0.4, 0.5) is 24.7 Å². The average Bonchev–Trinajstić information content (AvgIpc) is 3.51. The van der Waals surface area contributed by atoms with Crippen LogP contribution in [-0.4, -0.2) is 33.1 Å². The molecule has 2 aromatic heterocycles. The summed E-state index contributed by atoms with van der Waals surface area (Å²) in [5, 5.41) is 6.73. The molecule has 1 atom stereocenters. The number of rotatable bonds is 6. The zero-order valence-electron chi connectivity index (χ0n) is 20.9. The van der Waals surface area contributed by atoms with Crippen molar-refractivity contribution in [2.75, 3.05) is 16.8 Å². The summed E-state index contributed by atoms with van der Waals surface area (Å²) in [5.41, 5.74) is 1.17. The predicted molar refractivity (Wildman–Crippen MR) is 133 cm³/mol. The molecule has 0 radical (unpaired) electrons. The third kappa shape index (κ3) is 5.10. The lowest BCUT2D eigenvalue weighted by atomic mass is 9.83. The number of nitrogens with zero attached hydrogens (tertiary/aromatic N) is 4. The van der Waals surface area contributed by atoms with Crippen molar-refractivity contribution >= 4 is 23.3 Å². The molecule has 194 valence electrons. The Morgan fingerprint density at radius 1 is 1.16 bits per heavy atom. The first-order chi connectivity index (χ1) is 17.4. The van der Waals surface area contributed by atoms with E-state index in [1.807, 2.05) is 6.92 Å². The molecule has 2 aliphatic rings. The summed E-state index contributed by atoms with van der Waals surface area (Å²) >= 11 is 0. The molecule has 1 N–H and O–H groups in total. The van der Waals surface area contributed by atoms with Crippen LogP contribution in [0.2, 0.25) is 0 Å². The topological polar surface area (TPSA) is 80.1 Å². The van der Waals surface area contributed by atoms with E-state index in [4.69, 9.17) is 0 Å². The lowest BCUT2D eigenvalue weighted by Gasteiger charge is -2.23. The Labute approximate surface area is 212 Å². The number of alkyl halides is 3. The number of amides is 2. The highest BCUT2D eigenvalue weighted by molar-refractivity contribution is 6.01. The van der Waals surface area contributed by atoms with Crippen LogP contribution < -0.4 is 10.2 Å². The van der Waals surface area contributed by atoms with E-state index < -0.39 is 17.6 Å². The van der Waals surface area contributed by atoms with Crippen molar-refractivity contribution < 1.29 is 22.8 Å². The molecule has 0 bridgehead atoms. The molecule has 1 saturated heterocycles. The Morgan fingerprint density at radius 2 is 1.92 bits per heavy atom. The molecule has 2 fully saturated rings. The Hall–Kier alpha value is -3.69. The molecule has 37 heavy (non-hydrogen) atoms. The second-order valence-electron chi connectivity index (χ2n) is 10.3. The van der Waals surface area contributed by atoms with Gasteiger partial charge in [0.25, 0.3) is 0 Å². The Balaban J connectivity index is 1.36. The van der Waals surface area contributed by atoms with E-state index in [-0.39, 0.29) is 29.1 Å². The van der Waals surface area contributed by atoms with Gasteiger partial charge in [0.1, 0.15) is 5.82 Å². The zero-order valence-corrected chi connectivity index (χ0v) is 20.9. The molecule has 0 spiro atoms. The first-order valence-corrected chi connectivity index (χ1v) is 12.2. The van der Waals surface area contributed by atoms with Gasteiger partial charge in [0.05, 0.1) is 23.6 Å². The number of aryl methyl sites for hydroxylation is 2. The molecule has 1 saturated carbocycles. The molecule has 1 aliphatic carbocycles. The Morgan fingerprint density at radius 3 is 2.57 bits per heavy atom. The molecule has 3 aromatic rings. The van der Waals surface area contributed by atoms with Crippen LogP contribution in [0.1, 0.15) is 43.0 Å². The van der Waals surface area contributed by atoms with Gasteiger partial charge in [0.2, 0.25) is 11.8 Å². The summed E-state index contributed by atoms with van der Waals surface area (Å²) in [4.78, 5) is 32.2.